The second-order valence-corrected chi connectivity index (χ2v) is 10.7. The number of hydrogen-bond acceptors (Lipinski definition) is 3. The van der Waals surface area contributed by atoms with Gasteiger partial charge in [-0.2, -0.15) is 11.8 Å². The van der Waals surface area contributed by atoms with Crippen molar-refractivity contribution in [3.05, 3.63) is 0 Å². The first-order chi connectivity index (χ1) is 9.70. The predicted octanol–water partition coefficient (Wildman–Crippen LogP) is 4.15. The van der Waals surface area contributed by atoms with E-state index in [0.717, 1.165) is 0 Å². The predicted molar refractivity (Wildman–Crippen MR) is 96.3 cm³/mol. The van der Waals surface area contributed by atoms with Crippen molar-refractivity contribution in [3.63, 3.8) is 0 Å². The third kappa shape index (κ3) is 5.76. The highest BCUT2D eigenvalue weighted by Gasteiger charge is 2.37. The average Bonchev–Trinajstić information content (AvgIpc) is 2.75. The minimum Gasteiger partial charge on any atom is -0.311 e. The number of hydrogen-bond donors (Lipinski definition) is 1. The van der Waals surface area contributed by atoms with Gasteiger partial charge < -0.3 is 10.2 Å². The van der Waals surface area contributed by atoms with Crippen LogP contribution in [0.5, 0.6) is 0 Å². The van der Waals surface area contributed by atoms with Gasteiger partial charge in [0, 0.05) is 35.7 Å². The molecule has 2 fully saturated rings. The highest BCUT2D eigenvalue weighted by molar-refractivity contribution is 8.00. The normalized spacial score (nSPS) is 26.7. The molecule has 0 spiro atoms. The molecule has 1 heterocycles. The summed E-state index contributed by atoms with van der Waals surface area (Å²) in [5.74, 6) is 1.30. The molecule has 124 valence electrons. The molecule has 0 bridgehead atoms. The molecule has 0 radical (unpaired) electrons. The van der Waals surface area contributed by atoms with Crippen LogP contribution in [0.15, 0.2) is 0 Å². The van der Waals surface area contributed by atoms with Crippen LogP contribution in [0.25, 0.3) is 0 Å². The molecular formula is C18H36N2S. The Labute approximate surface area is 136 Å². The summed E-state index contributed by atoms with van der Waals surface area (Å²) in [7, 11) is 0. The lowest BCUT2D eigenvalue weighted by molar-refractivity contribution is 0.144. The summed E-state index contributed by atoms with van der Waals surface area (Å²) in [5, 5.41) is 3.79. The van der Waals surface area contributed by atoms with Gasteiger partial charge in [0.1, 0.15) is 0 Å². The van der Waals surface area contributed by atoms with Crippen molar-refractivity contribution in [3.8, 4) is 0 Å². The zero-order valence-corrected chi connectivity index (χ0v) is 15.7. The van der Waals surface area contributed by atoms with Crippen molar-refractivity contribution in [1.82, 2.24) is 10.2 Å². The van der Waals surface area contributed by atoms with Gasteiger partial charge in [-0.05, 0) is 52.0 Å². The molecule has 3 heteroatoms. The first-order valence-electron chi connectivity index (χ1n) is 8.81. The molecule has 2 nitrogen and oxygen atoms in total. The average molecular weight is 313 g/mol. The van der Waals surface area contributed by atoms with Crippen molar-refractivity contribution in [2.45, 2.75) is 77.0 Å². The van der Waals surface area contributed by atoms with E-state index in [2.05, 4.69) is 56.6 Å². The number of thioether (sulfide) groups is 1. The van der Waals surface area contributed by atoms with Gasteiger partial charge >= 0.3 is 0 Å². The molecule has 1 aliphatic heterocycles. The Hall–Kier alpha value is 0.270. The van der Waals surface area contributed by atoms with E-state index in [4.69, 9.17) is 0 Å². The minimum atomic E-state index is 0.242. The number of nitrogens with one attached hydrogen (secondary N) is 1. The molecule has 1 aliphatic carbocycles. The van der Waals surface area contributed by atoms with E-state index >= 15 is 0 Å². The summed E-state index contributed by atoms with van der Waals surface area (Å²) < 4.78 is 0.473. The van der Waals surface area contributed by atoms with Crippen LogP contribution in [0, 0.1) is 5.41 Å². The lowest BCUT2D eigenvalue weighted by Gasteiger charge is -2.37. The van der Waals surface area contributed by atoms with Gasteiger partial charge in [0.05, 0.1) is 0 Å². The fraction of sp³-hybridized carbons (Fsp3) is 1.00. The van der Waals surface area contributed by atoms with Crippen molar-refractivity contribution in [1.29, 1.82) is 0 Å². The highest BCUT2D eigenvalue weighted by Crippen LogP contribution is 2.40. The smallest absolute Gasteiger partial charge is 0.0116 e. The van der Waals surface area contributed by atoms with Crippen molar-refractivity contribution >= 4 is 11.8 Å². The number of rotatable bonds is 4. The summed E-state index contributed by atoms with van der Waals surface area (Å²) >= 11 is 2.16. The minimum absolute atomic E-state index is 0.242. The van der Waals surface area contributed by atoms with Crippen LogP contribution < -0.4 is 5.32 Å². The summed E-state index contributed by atoms with van der Waals surface area (Å²) in [6.45, 7) is 16.8. The van der Waals surface area contributed by atoms with Crippen LogP contribution in [0.4, 0.5) is 0 Å². The standard InChI is InChI=1S/C18H36N2S/c1-16(2,3)19-14-18(8-6-7-9-18)15-20-11-10-17(4,5)21-13-12-20/h19H,6-15H2,1-5H3. The van der Waals surface area contributed by atoms with E-state index in [1.165, 1.54) is 64.0 Å². The molecular weight excluding hydrogens is 276 g/mol. The van der Waals surface area contributed by atoms with E-state index in [1.54, 1.807) is 0 Å². The summed E-state index contributed by atoms with van der Waals surface area (Å²) in [4.78, 5) is 2.76. The Morgan fingerprint density at radius 1 is 1.05 bits per heavy atom. The zero-order chi connectivity index (χ0) is 15.6. The Morgan fingerprint density at radius 2 is 1.71 bits per heavy atom. The van der Waals surface area contributed by atoms with Gasteiger partial charge in [-0.15, -0.1) is 0 Å². The molecule has 2 rings (SSSR count). The van der Waals surface area contributed by atoms with E-state index < -0.39 is 0 Å². The first kappa shape index (κ1) is 17.6. The third-order valence-corrected chi connectivity index (χ3v) is 6.52. The first-order valence-corrected chi connectivity index (χ1v) is 9.80. The van der Waals surface area contributed by atoms with E-state index in [-0.39, 0.29) is 5.54 Å². The molecule has 0 aromatic carbocycles. The number of nitrogens with zero attached hydrogens (tertiary/aromatic N) is 1. The molecule has 0 unspecified atom stereocenters. The van der Waals surface area contributed by atoms with Crippen LogP contribution in [-0.4, -0.2) is 47.1 Å². The molecule has 0 atom stereocenters. The Kier molecular flexibility index (Phi) is 5.71. The molecule has 0 aromatic heterocycles. The van der Waals surface area contributed by atoms with Gasteiger partial charge in [0.25, 0.3) is 0 Å². The Bertz CT molecular complexity index is 327. The van der Waals surface area contributed by atoms with Gasteiger partial charge in [-0.3, -0.25) is 0 Å². The third-order valence-electron chi connectivity index (χ3n) is 5.15. The van der Waals surface area contributed by atoms with Crippen molar-refractivity contribution < 1.29 is 0 Å². The summed E-state index contributed by atoms with van der Waals surface area (Å²) in [6.07, 6.45) is 7.03. The van der Waals surface area contributed by atoms with Gasteiger partial charge in [0.15, 0.2) is 0 Å². The Balaban J connectivity index is 1.93. The summed E-state index contributed by atoms with van der Waals surface area (Å²) in [6, 6.07) is 0. The molecule has 2 aliphatic rings. The second-order valence-electron chi connectivity index (χ2n) is 8.94. The van der Waals surface area contributed by atoms with Crippen LogP contribution in [-0.2, 0) is 0 Å². The lowest BCUT2D eigenvalue weighted by Crippen LogP contribution is -2.48. The molecule has 1 N–H and O–H groups in total. The maximum atomic E-state index is 3.79. The van der Waals surface area contributed by atoms with Gasteiger partial charge in [-0.25, -0.2) is 0 Å². The van der Waals surface area contributed by atoms with E-state index in [0.29, 0.717) is 10.2 Å². The van der Waals surface area contributed by atoms with Crippen LogP contribution in [0.1, 0.15) is 66.7 Å². The van der Waals surface area contributed by atoms with Crippen molar-refractivity contribution in [2.24, 2.45) is 5.41 Å². The molecule has 1 saturated heterocycles. The maximum absolute atomic E-state index is 3.79. The maximum Gasteiger partial charge on any atom is 0.0116 e. The van der Waals surface area contributed by atoms with E-state index in [9.17, 15) is 0 Å². The molecule has 0 aromatic rings. The van der Waals surface area contributed by atoms with Crippen LogP contribution in [0.2, 0.25) is 0 Å². The fourth-order valence-electron chi connectivity index (χ4n) is 3.66. The quantitative estimate of drug-likeness (QED) is 0.839. The fourth-order valence-corrected chi connectivity index (χ4v) is 4.80. The second kappa shape index (κ2) is 6.80. The SMILES string of the molecule is CC(C)(C)NCC1(CN2CCSC(C)(C)CC2)CCCC1. The topological polar surface area (TPSA) is 15.3 Å². The highest BCUT2D eigenvalue weighted by atomic mass is 32.2. The Morgan fingerprint density at radius 3 is 2.33 bits per heavy atom. The molecule has 1 saturated carbocycles. The van der Waals surface area contributed by atoms with Gasteiger partial charge in [0.2, 0.25) is 0 Å². The van der Waals surface area contributed by atoms with Crippen molar-refractivity contribution in [2.75, 3.05) is 31.9 Å². The zero-order valence-electron chi connectivity index (χ0n) is 14.9. The molecule has 21 heavy (non-hydrogen) atoms. The van der Waals surface area contributed by atoms with E-state index in [1.807, 2.05) is 0 Å². The van der Waals surface area contributed by atoms with Crippen LogP contribution >= 0.6 is 11.8 Å². The van der Waals surface area contributed by atoms with Gasteiger partial charge in [-0.1, -0.05) is 26.7 Å². The summed E-state index contributed by atoms with van der Waals surface area (Å²) in [5.41, 5.74) is 0.776. The monoisotopic (exact) mass is 312 g/mol. The lowest BCUT2D eigenvalue weighted by atomic mass is 9.84. The largest absolute Gasteiger partial charge is 0.311 e. The van der Waals surface area contributed by atoms with Crippen LogP contribution in [0.3, 0.4) is 0 Å². The molecule has 0 amide bonds.